The summed E-state index contributed by atoms with van der Waals surface area (Å²) in [4.78, 5) is 16.4. The Morgan fingerprint density at radius 2 is 2.00 bits per heavy atom. The Kier molecular flexibility index (Phi) is 8.84. The van der Waals surface area contributed by atoms with Crippen LogP contribution in [-0.4, -0.2) is 53.3 Å². The van der Waals surface area contributed by atoms with Gasteiger partial charge in [0.05, 0.1) is 11.4 Å². The largest absolute Gasteiger partial charge is 0.506 e. The summed E-state index contributed by atoms with van der Waals surface area (Å²) in [5.41, 5.74) is 3.71. The minimum absolute atomic E-state index is 0.0434. The first-order valence-corrected chi connectivity index (χ1v) is 11.7. The number of nitrogens with one attached hydrogen (secondary N) is 2. The van der Waals surface area contributed by atoms with E-state index in [-0.39, 0.29) is 10.6 Å². The molecular formula is C24H33N3O4S. The molecule has 0 aliphatic heterocycles. The number of rotatable bonds is 12. The molecule has 1 aromatic heterocycles. The van der Waals surface area contributed by atoms with Crippen LogP contribution in [0.4, 0.5) is 0 Å². The molecule has 0 fully saturated rings. The Morgan fingerprint density at radius 1 is 1.22 bits per heavy atom. The van der Waals surface area contributed by atoms with Crippen LogP contribution in [0.2, 0.25) is 0 Å². The summed E-state index contributed by atoms with van der Waals surface area (Å²) in [6.07, 6.45) is 0.402. The van der Waals surface area contributed by atoms with Crippen molar-refractivity contribution in [1.29, 1.82) is 0 Å². The number of phenolic OH excluding ortho intramolecular Hbond substituents is 1. The lowest BCUT2D eigenvalue weighted by molar-refractivity contribution is 0.0499. The van der Waals surface area contributed by atoms with Crippen molar-refractivity contribution in [2.24, 2.45) is 5.92 Å². The highest BCUT2D eigenvalue weighted by Crippen LogP contribution is 2.28. The van der Waals surface area contributed by atoms with E-state index < -0.39 is 6.23 Å². The van der Waals surface area contributed by atoms with Crippen molar-refractivity contribution < 1.29 is 14.9 Å². The molecule has 0 amide bonds. The van der Waals surface area contributed by atoms with Gasteiger partial charge in [0.25, 0.3) is 0 Å². The fraction of sp³-hybridized carbons (Fsp3) is 0.458. The van der Waals surface area contributed by atoms with E-state index in [1.165, 1.54) is 11.1 Å². The molecule has 4 N–H and O–H groups in total. The third-order valence-corrected chi connectivity index (χ3v) is 6.14. The van der Waals surface area contributed by atoms with E-state index in [4.69, 9.17) is 4.74 Å². The lowest BCUT2D eigenvalue weighted by Gasteiger charge is -2.23. The van der Waals surface area contributed by atoms with Crippen molar-refractivity contribution in [1.82, 2.24) is 15.2 Å². The Hall–Kier alpha value is -2.23. The van der Waals surface area contributed by atoms with Crippen molar-refractivity contribution in [2.45, 2.75) is 39.5 Å². The van der Waals surface area contributed by atoms with Gasteiger partial charge in [0, 0.05) is 33.2 Å². The number of H-pyrrole nitrogens is 1. The van der Waals surface area contributed by atoms with Crippen molar-refractivity contribution in [2.75, 3.05) is 26.9 Å². The Labute approximate surface area is 192 Å². The van der Waals surface area contributed by atoms with E-state index in [9.17, 15) is 15.0 Å². The smallest absolute Gasteiger partial charge is 0.305 e. The summed E-state index contributed by atoms with van der Waals surface area (Å²) in [5, 5.41) is 23.5. The molecule has 0 saturated heterocycles. The van der Waals surface area contributed by atoms with Crippen LogP contribution in [0.5, 0.6) is 5.75 Å². The molecule has 0 aliphatic rings. The lowest BCUT2D eigenvalue weighted by Crippen LogP contribution is -2.32. The summed E-state index contributed by atoms with van der Waals surface area (Å²) >= 11 is 1.05. The summed E-state index contributed by atoms with van der Waals surface area (Å²) in [5.74, 6) is 0.614. The number of hydrogen-bond acceptors (Lipinski definition) is 7. The van der Waals surface area contributed by atoms with Crippen LogP contribution in [0.1, 0.15) is 30.5 Å². The number of aliphatic hydroxyl groups is 1. The van der Waals surface area contributed by atoms with Gasteiger partial charge in [-0.05, 0) is 35.1 Å². The van der Waals surface area contributed by atoms with Crippen LogP contribution in [-0.2, 0) is 24.1 Å². The summed E-state index contributed by atoms with van der Waals surface area (Å²) in [6, 6.07) is 11.8. The Bertz CT molecular complexity index is 1060. The molecule has 3 rings (SSSR count). The van der Waals surface area contributed by atoms with Gasteiger partial charge in [-0.15, -0.1) is 0 Å². The normalized spacial score (nSPS) is 12.8. The number of thiazole rings is 1. The zero-order valence-electron chi connectivity index (χ0n) is 18.9. The van der Waals surface area contributed by atoms with Crippen molar-refractivity contribution in [3.8, 4) is 5.75 Å². The predicted molar refractivity (Wildman–Crippen MR) is 129 cm³/mol. The van der Waals surface area contributed by atoms with Crippen LogP contribution in [0.15, 0.2) is 41.2 Å². The molecule has 0 saturated carbocycles. The van der Waals surface area contributed by atoms with E-state index >= 15 is 0 Å². The predicted octanol–water partition coefficient (Wildman–Crippen LogP) is 3.05. The first-order chi connectivity index (χ1) is 15.4. The number of hydrogen-bond donors (Lipinski definition) is 4. The SMILES string of the molecule is COCN(Cc1cccc(CCNC(O)Cc2ccc(O)c3[nH]c(=O)sc23)c1)CC(C)C. The molecule has 0 radical (unpaired) electrons. The van der Waals surface area contributed by atoms with Gasteiger partial charge in [-0.1, -0.05) is 55.5 Å². The molecule has 1 atom stereocenters. The zero-order chi connectivity index (χ0) is 23.1. The molecular weight excluding hydrogens is 426 g/mol. The average Bonchev–Trinajstić information content (AvgIpc) is 3.13. The third kappa shape index (κ3) is 6.88. The second kappa shape index (κ2) is 11.6. The number of methoxy groups -OCH3 is 1. The molecule has 7 nitrogen and oxygen atoms in total. The topological polar surface area (TPSA) is 97.8 Å². The molecule has 1 heterocycles. The Balaban J connectivity index is 1.54. The van der Waals surface area contributed by atoms with Crippen molar-refractivity contribution in [3.05, 3.63) is 62.8 Å². The highest BCUT2D eigenvalue weighted by molar-refractivity contribution is 7.16. The van der Waals surface area contributed by atoms with E-state index in [2.05, 4.69) is 53.3 Å². The van der Waals surface area contributed by atoms with Gasteiger partial charge in [0.2, 0.25) is 0 Å². The Morgan fingerprint density at radius 3 is 2.75 bits per heavy atom. The second-order valence-corrected chi connectivity index (χ2v) is 9.51. The van der Waals surface area contributed by atoms with Crippen molar-refractivity contribution >= 4 is 21.6 Å². The van der Waals surface area contributed by atoms with Crippen LogP contribution in [0, 0.1) is 5.92 Å². The molecule has 1 unspecified atom stereocenters. The molecule has 8 heteroatoms. The summed E-state index contributed by atoms with van der Waals surface area (Å²) in [7, 11) is 1.72. The fourth-order valence-electron chi connectivity index (χ4n) is 3.90. The number of phenols is 1. The molecule has 0 spiro atoms. The van der Waals surface area contributed by atoms with E-state index in [0.717, 1.165) is 36.4 Å². The molecule has 2 aromatic carbocycles. The number of benzene rings is 2. The molecule has 0 aliphatic carbocycles. The van der Waals surface area contributed by atoms with Gasteiger partial charge in [-0.3, -0.25) is 15.0 Å². The number of nitrogens with zero attached hydrogens (tertiary/aromatic N) is 1. The number of ether oxygens (including phenoxy) is 1. The minimum atomic E-state index is -0.744. The maximum atomic E-state index is 11.7. The standard InChI is InChI=1S/C24H33N3O4S/c1-16(2)13-27(15-31-3)14-18-6-4-5-17(11-18)9-10-25-21(29)12-19-7-8-20(28)22-23(19)32-24(30)26-22/h4-8,11,16,21,25,28-29H,9-10,12-15H2,1-3H3,(H,26,30). The number of aromatic amines is 1. The van der Waals surface area contributed by atoms with Crippen LogP contribution in [0.25, 0.3) is 10.2 Å². The van der Waals surface area contributed by atoms with E-state index in [1.807, 2.05) is 0 Å². The first kappa shape index (κ1) is 24.4. The molecule has 3 aromatic rings. The van der Waals surface area contributed by atoms with Crippen LogP contribution < -0.4 is 10.2 Å². The van der Waals surface area contributed by atoms with E-state index in [1.54, 1.807) is 19.2 Å². The van der Waals surface area contributed by atoms with Crippen LogP contribution in [0.3, 0.4) is 0 Å². The number of aromatic nitrogens is 1. The van der Waals surface area contributed by atoms with Gasteiger partial charge < -0.3 is 19.9 Å². The van der Waals surface area contributed by atoms with Crippen LogP contribution >= 0.6 is 11.3 Å². The quantitative estimate of drug-likeness (QED) is 0.311. The second-order valence-electron chi connectivity index (χ2n) is 8.53. The maximum absolute atomic E-state index is 11.7. The number of fused-ring (bicyclic) bond motifs is 1. The monoisotopic (exact) mass is 459 g/mol. The lowest BCUT2D eigenvalue weighted by atomic mass is 10.1. The molecule has 0 bridgehead atoms. The number of aromatic hydroxyl groups is 1. The number of aliphatic hydroxyl groups excluding tert-OH is 1. The third-order valence-electron chi connectivity index (χ3n) is 5.18. The van der Waals surface area contributed by atoms with Gasteiger partial charge >= 0.3 is 4.87 Å². The van der Waals surface area contributed by atoms with Crippen molar-refractivity contribution in [3.63, 3.8) is 0 Å². The minimum Gasteiger partial charge on any atom is -0.506 e. The average molecular weight is 460 g/mol. The fourth-order valence-corrected chi connectivity index (χ4v) is 4.78. The summed E-state index contributed by atoms with van der Waals surface area (Å²) < 4.78 is 6.02. The van der Waals surface area contributed by atoms with Gasteiger partial charge in [0.15, 0.2) is 0 Å². The van der Waals surface area contributed by atoms with Gasteiger partial charge in [-0.25, -0.2) is 0 Å². The van der Waals surface area contributed by atoms with Gasteiger partial charge in [-0.2, -0.15) is 0 Å². The summed E-state index contributed by atoms with van der Waals surface area (Å²) in [6.45, 7) is 7.46. The maximum Gasteiger partial charge on any atom is 0.305 e. The zero-order valence-corrected chi connectivity index (χ0v) is 19.7. The van der Waals surface area contributed by atoms with Gasteiger partial charge in [0.1, 0.15) is 17.5 Å². The molecule has 32 heavy (non-hydrogen) atoms. The first-order valence-electron chi connectivity index (χ1n) is 10.9. The highest BCUT2D eigenvalue weighted by Gasteiger charge is 2.13. The highest BCUT2D eigenvalue weighted by atomic mass is 32.1. The van der Waals surface area contributed by atoms with E-state index in [0.29, 0.717) is 35.8 Å². The molecule has 174 valence electrons.